The summed E-state index contributed by atoms with van der Waals surface area (Å²) in [6, 6.07) is 4.90. The summed E-state index contributed by atoms with van der Waals surface area (Å²) in [6.07, 6.45) is 5.67. The molecular weight excluding hydrogens is 268 g/mol. The Kier molecular flexibility index (Phi) is 3.82. The third-order valence-electron chi connectivity index (χ3n) is 4.48. The molecule has 2 N–H and O–H groups in total. The van der Waals surface area contributed by atoms with Gasteiger partial charge >= 0.3 is 12.0 Å². The first-order valence-electron chi connectivity index (χ1n) is 7.57. The molecule has 3 rings (SSSR count). The van der Waals surface area contributed by atoms with Crippen LogP contribution in [0.3, 0.4) is 0 Å². The van der Waals surface area contributed by atoms with E-state index in [0.717, 1.165) is 17.8 Å². The van der Waals surface area contributed by atoms with Crippen LogP contribution < -0.4 is 10.2 Å². The van der Waals surface area contributed by atoms with Crippen molar-refractivity contribution in [3.63, 3.8) is 0 Å². The molecule has 5 nitrogen and oxygen atoms in total. The summed E-state index contributed by atoms with van der Waals surface area (Å²) >= 11 is 0. The second-order valence-corrected chi connectivity index (χ2v) is 5.89. The molecule has 21 heavy (non-hydrogen) atoms. The SMILES string of the molecule is O=C(O)c1ccc2c(c1)CCN2C(=O)NCC1CCCC1. The molecule has 2 aliphatic rings. The van der Waals surface area contributed by atoms with Crippen LogP contribution in [0.1, 0.15) is 41.6 Å². The molecule has 1 fully saturated rings. The quantitative estimate of drug-likeness (QED) is 0.898. The zero-order chi connectivity index (χ0) is 14.8. The van der Waals surface area contributed by atoms with Crippen LogP contribution in [0.25, 0.3) is 0 Å². The van der Waals surface area contributed by atoms with Crippen LogP contribution in [0.15, 0.2) is 18.2 Å². The summed E-state index contributed by atoms with van der Waals surface area (Å²) < 4.78 is 0. The molecule has 2 amide bonds. The highest BCUT2D eigenvalue weighted by Crippen LogP contribution is 2.29. The normalized spacial score (nSPS) is 17.8. The molecule has 1 saturated carbocycles. The van der Waals surface area contributed by atoms with Crippen molar-refractivity contribution in [2.45, 2.75) is 32.1 Å². The molecule has 0 atom stereocenters. The van der Waals surface area contributed by atoms with Gasteiger partial charge in [0.2, 0.25) is 0 Å². The zero-order valence-electron chi connectivity index (χ0n) is 12.0. The fraction of sp³-hybridized carbons (Fsp3) is 0.500. The van der Waals surface area contributed by atoms with Gasteiger partial charge in [-0.1, -0.05) is 12.8 Å². The van der Waals surface area contributed by atoms with E-state index in [9.17, 15) is 9.59 Å². The van der Waals surface area contributed by atoms with E-state index in [2.05, 4.69) is 5.32 Å². The summed E-state index contributed by atoms with van der Waals surface area (Å²) in [5.41, 5.74) is 2.05. The number of hydrogen-bond acceptors (Lipinski definition) is 2. The van der Waals surface area contributed by atoms with Crippen molar-refractivity contribution in [3.8, 4) is 0 Å². The van der Waals surface area contributed by atoms with Crippen molar-refractivity contribution in [3.05, 3.63) is 29.3 Å². The van der Waals surface area contributed by atoms with Crippen molar-refractivity contribution >= 4 is 17.7 Å². The van der Waals surface area contributed by atoms with Crippen LogP contribution >= 0.6 is 0 Å². The molecule has 0 radical (unpaired) electrons. The molecule has 1 aliphatic heterocycles. The molecule has 1 heterocycles. The molecular formula is C16H20N2O3. The van der Waals surface area contributed by atoms with Crippen molar-refractivity contribution in [1.82, 2.24) is 5.32 Å². The number of anilines is 1. The van der Waals surface area contributed by atoms with Crippen LogP contribution in [0, 0.1) is 5.92 Å². The third-order valence-corrected chi connectivity index (χ3v) is 4.48. The Labute approximate surface area is 123 Å². The van der Waals surface area contributed by atoms with Crippen molar-refractivity contribution in [1.29, 1.82) is 0 Å². The van der Waals surface area contributed by atoms with Crippen molar-refractivity contribution < 1.29 is 14.7 Å². The highest BCUT2D eigenvalue weighted by Gasteiger charge is 2.26. The average molecular weight is 288 g/mol. The summed E-state index contributed by atoms with van der Waals surface area (Å²) in [5, 5.41) is 12.0. The highest BCUT2D eigenvalue weighted by atomic mass is 16.4. The van der Waals surface area contributed by atoms with Gasteiger partial charge < -0.3 is 10.4 Å². The Bertz CT molecular complexity index is 565. The fourth-order valence-electron chi connectivity index (χ4n) is 3.29. The number of carbonyl (C=O) groups is 2. The van der Waals surface area contributed by atoms with Gasteiger partial charge in [0.05, 0.1) is 5.56 Å². The molecule has 112 valence electrons. The van der Waals surface area contributed by atoms with Crippen LogP contribution in [0.4, 0.5) is 10.5 Å². The van der Waals surface area contributed by atoms with Crippen LogP contribution in [-0.2, 0) is 6.42 Å². The van der Waals surface area contributed by atoms with E-state index < -0.39 is 5.97 Å². The lowest BCUT2D eigenvalue weighted by Gasteiger charge is -2.19. The minimum Gasteiger partial charge on any atom is -0.478 e. The van der Waals surface area contributed by atoms with Gasteiger partial charge in [0.25, 0.3) is 0 Å². The predicted octanol–water partition coefficient (Wildman–Crippen LogP) is 2.65. The first-order valence-corrected chi connectivity index (χ1v) is 7.57. The Hall–Kier alpha value is -2.04. The Morgan fingerprint density at radius 1 is 1.29 bits per heavy atom. The predicted molar refractivity (Wildman–Crippen MR) is 79.8 cm³/mol. The summed E-state index contributed by atoms with van der Waals surface area (Å²) in [7, 11) is 0. The van der Waals surface area contributed by atoms with E-state index in [0.29, 0.717) is 18.9 Å². The van der Waals surface area contributed by atoms with Gasteiger partial charge in [-0.05, 0) is 48.9 Å². The molecule has 1 aliphatic carbocycles. The maximum absolute atomic E-state index is 12.3. The number of fused-ring (bicyclic) bond motifs is 1. The van der Waals surface area contributed by atoms with Gasteiger partial charge in [0, 0.05) is 18.8 Å². The van der Waals surface area contributed by atoms with E-state index in [1.54, 1.807) is 23.1 Å². The number of hydrogen-bond donors (Lipinski definition) is 2. The first-order chi connectivity index (χ1) is 10.1. The smallest absolute Gasteiger partial charge is 0.335 e. The summed E-state index contributed by atoms with van der Waals surface area (Å²) in [4.78, 5) is 25.0. The molecule has 0 unspecified atom stereocenters. The van der Waals surface area contributed by atoms with Crippen LogP contribution in [-0.4, -0.2) is 30.2 Å². The standard InChI is InChI=1S/C16H20N2O3/c19-15(20)13-5-6-14-12(9-13)7-8-18(14)16(21)17-10-11-3-1-2-4-11/h5-6,9,11H,1-4,7-8,10H2,(H,17,21)(H,19,20). The maximum atomic E-state index is 12.3. The van der Waals surface area contributed by atoms with Crippen molar-refractivity contribution in [2.75, 3.05) is 18.0 Å². The first kappa shape index (κ1) is 13.9. The van der Waals surface area contributed by atoms with E-state index >= 15 is 0 Å². The van der Waals surface area contributed by atoms with Crippen molar-refractivity contribution in [2.24, 2.45) is 5.92 Å². The molecule has 5 heteroatoms. The number of rotatable bonds is 3. The zero-order valence-corrected chi connectivity index (χ0v) is 12.0. The molecule has 1 aromatic carbocycles. The van der Waals surface area contributed by atoms with Gasteiger partial charge in [-0.3, -0.25) is 4.90 Å². The monoisotopic (exact) mass is 288 g/mol. The van der Waals surface area contributed by atoms with Gasteiger partial charge in [-0.2, -0.15) is 0 Å². The second-order valence-electron chi connectivity index (χ2n) is 5.89. The topological polar surface area (TPSA) is 69.6 Å². The van der Waals surface area contributed by atoms with E-state index in [4.69, 9.17) is 5.11 Å². The number of aromatic carboxylic acids is 1. The van der Waals surface area contributed by atoms with Crippen LogP contribution in [0.5, 0.6) is 0 Å². The number of amides is 2. The fourth-order valence-corrected chi connectivity index (χ4v) is 3.29. The number of urea groups is 1. The average Bonchev–Trinajstić information content (AvgIpc) is 3.13. The Morgan fingerprint density at radius 3 is 2.76 bits per heavy atom. The van der Waals surface area contributed by atoms with Crippen LogP contribution in [0.2, 0.25) is 0 Å². The summed E-state index contributed by atoms with van der Waals surface area (Å²) in [6.45, 7) is 1.37. The van der Waals surface area contributed by atoms with E-state index in [1.165, 1.54) is 25.7 Å². The molecule has 0 aromatic heterocycles. The Morgan fingerprint density at radius 2 is 2.05 bits per heavy atom. The minimum absolute atomic E-state index is 0.0660. The highest BCUT2D eigenvalue weighted by molar-refractivity contribution is 5.96. The van der Waals surface area contributed by atoms with E-state index in [-0.39, 0.29) is 11.6 Å². The van der Waals surface area contributed by atoms with E-state index in [1.807, 2.05) is 0 Å². The van der Waals surface area contributed by atoms with Gasteiger partial charge in [-0.15, -0.1) is 0 Å². The summed E-state index contributed by atoms with van der Waals surface area (Å²) in [5.74, 6) is -0.313. The number of carbonyl (C=O) groups excluding carboxylic acids is 1. The number of nitrogens with one attached hydrogen (secondary N) is 1. The molecule has 0 bridgehead atoms. The number of carboxylic acid groups (broad SMARTS) is 1. The maximum Gasteiger partial charge on any atom is 0.335 e. The number of nitrogens with zero attached hydrogens (tertiary/aromatic N) is 1. The van der Waals surface area contributed by atoms with Gasteiger partial charge in [-0.25, -0.2) is 9.59 Å². The minimum atomic E-state index is -0.929. The lowest BCUT2D eigenvalue weighted by molar-refractivity contribution is 0.0697. The number of benzene rings is 1. The lowest BCUT2D eigenvalue weighted by atomic mass is 10.1. The largest absolute Gasteiger partial charge is 0.478 e. The van der Waals surface area contributed by atoms with Gasteiger partial charge in [0.15, 0.2) is 0 Å². The molecule has 0 spiro atoms. The second kappa shape index (κ2) is 5.76. The molecule has 1 aromatic rings. The molecule has 0 saturated heterocycles. The van der Waals surface area contributed by atoms with Gasteiger partial charge in [0.1, 0.15) is 0 Å². The number of carboxylic acids is 1. The Balaban J connectivity index is 1.65. The third kappa shape index (κ3) is 2.86. The lowest BCUT2D eigenvalue weighted by Crippen LogP contribution is -2.40.